The maximum absolute atomic E-state index is 11.6. The third kappa shape index (κ3) is 3.45. The van der Waals surface area contributed by atoms with Gasteiger partial charge in [-0.25, -0.2) is 0 Å². The minimum atomic E-state index is -0.168. The molecule has 0 aliphatic rings. The first kappa shape index (κ1) is 17.3. The summed E-state index contributed by atoms with van der Waals surface area (Å²) < 4.78 is 6.99. The molecule has 1 aromatic heterocycles. The second-order valence-electron chi connectivity index (χ2n) is 7.01. The van der Waals surface area contributed by atoms with E-state index in [1.54, 1.807) is 0 Å². The molecule has 0 unspecified atom stereocenters. The SMILES string of the molecule is COC(=O)CCc1cccc2c1c(Cc1ccc3ccccc3c1)cn2C. The van der Waals surface area contributed by atoms with Crippen molar-refractivity contribution < 1.29 is 9.53 Å². The molecule has 0 saturated heterocycles. The summed E-state index contributed by atoms with van der Waals surface area (Å²) in [5, 5.41) is 3.79. The lowest BCUT2D eigenvalue weighted by Gasteiger charge is -2.07. The van der Waals surface area contributed by atoms with E-state index < -0.39 is 0 Å². The Hall–Kier alpha value is -3.07. The molecule has 1 heterocycles. The number of aryl methyl sites for hydroxylation is 2. The number of carbonyl (C=O) groups is 1. The maximum Gasteiger partial charge on any atom is 0.305 e. The minimum absolute atomic E-state index is 0.168. The summed E-state index contributed by atoms with van der Waals surface area (Å²) in [6, 6.07) is 21.4. The summed E-state index contributed by atoms with van der Waals surface area (Å²) in [6.45, 7) is 0. The molecule has 4 rings (SSSR count). The lowest BCUT2D eigenvalue weighted by molar-refractivity contribution is -0.140. The molecule has 3 aromatic carbocycles. The van der Waals surface area contributed by atoms with Gasteiger partial charge in [-0.1, -0.05) is 54.6 Å². The van der Waals surface area contributed by atoms with Crippen LogP contribution in [0.1, 0.15) is 23.1 Å². The lowest BCUT2D eigenvalue weighted by atomic mass is 9.97. The summed E-state index contributed by atoms with van der Waals surface area (Å²) in [5.74, 6) is -0.168. The Morgan fingerprint density at radius 1 is 0.963 bits per heavy atom. The van der Waals surface area contributed by atoms with Gasteiger partial charge in [0.1, 0.15) is 0 Å². The van der Waals surface area contributed by atoms with E-state index in [2.05, 4.69) is 78.5 Å². The van der Waals surface area contributed by atoms with Gasteiger partial charge in [0.05, 0.1) is 7.11 Å². The predicted octanol–water partition coefficient (Wildman–Crippen LogP) is 5.03. The van der Waals surface area contributed by atoms with E-state index in [1.165, 1.54) is 45.5 Å². The van der Waals surface area contributed by atoms with Crippen LogP contribution in [0.15, 0.2) is 66.9 Å². The smallest absolute Gasteiger partial charge is 0.305 e. The van der Waals surface area contributed by atoms with Crippen LogP contribution in [0.25, 0.3) is 21.7 Å². The van der Waals surface area contributed by atoms with Gasteiger partial charge in [-0.2, -0.15) is 0 Å². The van der Waals surface area contributed by atoms with Gasteiger partial charge in [-0.05, 0) is 46.4 Å². The summed E-state index contributed by atoms with van der Waals surface area (Å²) in [7, 11) is 3.52. The number of ether oxygens (including phenoxy) is 1. The Morgan fingerprint density at radius 3 is 2.59 bits per heavy atom. The Labute approximate surface area is 159 Å². The van der Waals surface area contributed by atoms with Crippen molar-refractivity contribution in [3.8, 4) is 0 Å². The van der Waals surface area contributed by atoms with Crippen molar-refractivity contribution in [2.24, 2.45) is 7.05 Å². The van der Waals surface area contributed by atoms with Gasteiger partial charge in [-0.15, -0.1) is 0 Å². The molecule has 0 aliphatic heterocycles. The van der Waals surface area contributed by atoms with E-state index >= 15 is 0 Å². The van der Waals surface area contributed by atoms with Gasteiger partial charge < -0.3 is 9.30 Å². The zero-order chi connectivity index (χ0) is 18.8. The summed E-state index contributed by atoms with van der Waals surface area (Å²) >= 11 is 0. The molecule has 0 bridgehead atoms. The highest BCUT2D eigenvalue weighted by atomic mass is 16.5. The molecular formula is C24H23NO2. The number of rotatable bonds is 5. The first-order valence-electron chi connectivity index (χ1n) is 9.26. The van der Waals surface area contributed by atoms with Crippen molar-refractivity contribution in [1.82, 2.24) is 4.57 Å². The number of fused-ring (bicyclic) bond motifs is 2. The highest BCUT2D eigenvalue weighted by Gasteiger charge is 2.13. The number of benzene rings is 3. The van der Waals surface area contributed by atoms with E-state index in [0.29, 0.717) is 12.8 Å². The summed E-state index contributed by atoms with van der Waals surface area (Å²) in [6.07, 6.45) is 4.18. The minimum Gasteiger partial charge on any atom is -0.469 e. The predicted molar refractivity (Wildman–Crippen MR) is 110 cm³/mol. The highest BCUT2D eigenvalue weighted by Crippen LogP contribution is 2.28. The molecule has 0 radical (unpaired) electrons. The molecule has 0 saturated carbocycles. The molecular weight excluding hydrogens is 334 g/mol. The Kier molecular flexibility index (Phi) is 4.68. The average molecular weight is 357 g/mol. The zero-order valence-corrected chi connectivity index (χ0v) is 15.7. The van der Waals surface area contributed by atoms with E-state index in [0.717, 1.165) is 6.42 Å². The normalized spacial score (nSPS) is 11.2. The quantitative estimate of drug-likeness (QED) is 0.469. The Morgan fingerprint density at radius 2 is 1.78 bits per heavy atom. The summed E-state index contributed by atoms with van der Waals surface area (Å²) in [5.41, 5.74) is 5.00. The molecule has 0 N–H and O–H groups in total. The van der Waals surface area contributed by atoms with Crippen LogP contribution >= 0.6 is 0 Å². The molecule has 0 spiro atoms. The van der Waals surface area contributed by atoms with Gasteiger partial charge in [0.25, 0.3) is 0 Å². The Balaban J connectivity index is 1.72. The van der Waals surface area contributed by atoms with Gasteiger partial charge in [0.15, 0.2) is 0 Å². The van der Waals surface area contributed by atoms with Crippen molar-refractivity contribution in [2.45, 2.75) is 19.3 Å². The zero-order valence-electron chi connectivity index (χ0n) is 15.7. The van der Waals surface area contributed by atoms with Crippen molar-refractivity contribution in [3.63, 3.8) is 0 Å². The van der Waals surface area contributed by atoms with Crippen LogP contribution in [0, 0.1) is 0 Å². The van der Waals surface area contributed by atoms with Crippen molar-refractivity contribution in [1.29, 1.82) is 0 Å². The standard InChI is InChI=1S/C24H23NO2/c1-25-16-21(15-17-10-11-18-6-3-4-7-20(18)14-17)24-19(8-5-9-22(24)25)12-13-23(26)27-2/h3-11,14,16H,12-13,15H2,1-2H3. The summed E-state index contributed by atoms with van der Waals surface area (Å²) in [4.78, 5) is 11.6. The third-order valence-electron chi connectivity index (χ3n) is 5.21. The largest absolute Gasteiger partial charge is 0.469 e. The van der Waals surface area contributed by atoms with E-state index in [9.17, 15) is 4.79 Å². The molecule has 3 nitrogen and oxygen atoms in total. The topological polar surface area (TPSA) is 31.2 Å². The van der Waals surface area contributed by atoms with Gasteiger partial charge >= 0.3 is 5.97 Å². The molecule has 3 heteroatoms. The van der Waals surface area contributed by atoms with E-state index in [4.69, 9.17) is 4.74 Å². The van der Waals surface area contributed by atoms with Crippen molar-refractivity contribution in [3.05, 3.63) is 83.6 Å². The average Bonchev–Trinajstić information content (AvgIpc) is 3.02. The molecule has 0 fully saturated rings. The maximum atomic E-state index is 11.6. The van der Waals surface area contributed by atoms with Crippen molar-refractivity contribution >= 4 is 27.6 Å². The first-order chi connectivity index (χ1) is 13.2. The number of esters is 1. The van der Waals surface area contributed by atoms with E-state index in [1.807, 2.05) is 0 Å². The first-order valence-corrected chi connectivity index (χ1v) is 9.26. The third-order valence-corrected chi connectivity index (χ3v) is 5.21. The van der Waals surface area contributed by atoms with Crippen LogP contribution in [-0.4, -0.2) is 17.6 Å². The molecule has 0 amide bonds. The van der Waals surface area contributed by atoms with E-state index in [-0.39, 0.29) is 5.97 Å². The fraction of sp³-hybridized carbons (Fsp3) is 0.208. The fourth-order valence-electron chi connectivity index (χ4n) is 3.87. The van der Waals surface area contributed by atoms with Crippen LogP contribution in [0.5, 0.6) is 0 Å². The number of hydrogen-bond donors (Lipinski definition) is 0. The lowest BCUT2D eigenvalue weighted by Crippen LogP contribution is -2.02. The number of methoxy groups -OCH3 is 1. The second kappa shape index (κ2) is 7.28. The number of carbonyl (C=O) groups excluding carboxylic acids is 1. The molecule has 0 atom stereocenters. The molecule has 4 aromatic rings. The van der Waals surface area contributed by atoms with Gasteiger partial charge in [0.2, 0.25) is 0 Å². The molecule has 136 valence electrons. The number of hydrogen-bond acceptors (Lipinski definition) is 2. The van der Waals surface area contributed by atoms with Crippen LogP contribution in [0.3, 0.4) is 0 Å². The number of aromatic nitrogens is 1. The van der Waals surface area contributed by atoms with Crippen molar-refractivity contribution in [2.75, 3.05) is 7.11 Å². The second-order valence-corrected chi connectivity index (χ2v) is 7.01. The van der Waals surface area contributed by atoms with Crippen LogP contribution in [-0.2, 0) is 29.4 Å². The molecule has 0 aliphatic carbocycles. The van der Waals surface area contributed by atoms with Crippen LogP contribution in [0.2, 0.25) is 0 Å². The molecule has 27 heavy (non-hydrogen) atoms. The van der Waals surface area contributed by atoms with Gasteiger partial charge in [0, 0.05) is 30.6 Å². The fourth-order valence-corrected chi connectivity index (χ4v) is 3.87. The van der Waals surface area contributed by atoms with Crippen LogP contribution < -0.4 is 0 Å². The van der Waals surface area contributed by atoms with Gasteiger partial charge in [-0.3, -0.25) is 4.79 Å². The monoisotopic (exact) mass is 357 g/mol. The van der Waals surface area contributed by atoms with Crippen LogP contribution in [0.4, 0.5) is 0 Å². The Bertz CT molecular complexity index is 1120. The highest BCUT2D eigenvalue weighted by molar-refractivity contribution is 5.88. The number of nitrogens with zero attached hydrogens (tertiary/aromatic N) is 1.